The van der Waals surface area contributed by atoms with E-state index in [1.54, 1.807) is 4.57 Å². The Kier molecular flexibility index (Phi) is 3.93. The molecule has 0 radical (unpaired) electrons. The molecule has 0 amide bonds. The van der Waals surface area contributed by atoms with Crippen LogP contribution in [-0.2, 0) is 11.0 Å². The summed E-state index contributed by atoms with van der Waals surface area (Å²) in [5.74, 6) is -0.315. The zero-order valence-electron chi connectivity index (χ0n) is 12.9. The van der Waals surface area contributed by atoms with Gasteiger partial charge in [-0.3, -0.25) is 4.57 Å². The molecule has 1 aromatic carbocycles. The first kappa shape index (κ1) is 15.1. The molecule has 0 saturated carbocycles. The Labute approximate surface area is 120 Å². The van der Waals surface area contributed by atoms with Crippen LogP contribution in [0, 0.1) is 0 Å². The Morgan fingerprint density at radius 3 is 2.55 bits per heavy atom. The van der Waals surface area contributed by atoms with Crippen LogP contribution in [0.5, 0.6) is 0 Å². The first-order chi connectivity index (χ1) is 9.22. The van der Waals surface area contributed by atoms with Gasteiger partial charge in [0.05, 0.1) is 18.7 Å². The molecule has 0 spiro atoms. The molecule has 0 aliphatic heterocycles. The van der Waals surface area contributed by atoms with E-state index in [0.717, 1.165) is 5.52 Å². The first-order valence-electron chi connectivity index (χ1n) is 6.95. The fraction of sp³-hybridized carbons (Fsp3) is 0.533. The lowest BCUT2D eigenvalue weighted by Crippen LogP contribution is -2.41. The Bertz CT molecular complexity index is 649. The van der Waals surface area contributed by atoms with Gasteiger partial charge in [-0.1, -0.05) is 32.9 Å². The highest BCUT2D eigenvalue weighted by atomic mass is 28.4. The molecule has 0 N–H and O–H groups in total. The lowest BCUT2D eigenvalue weighted by Gasteiger charge is -2.36. The quantitative estimate of drug-likeness (QED) is 0.809. The molecule has 0 aliphatic carbocycles. The maximum atomic E-state index is 11.8. The molecule has 110 valence electrons. The van der Waals surface area contributed by atoms with Crippen molar-refractivity contribution in [1.29, 1.82) is 0 Å². The molecule has 2 aromatic rings. The van der Waals surface area contributed by atoms with Gasteiger partial charge < -0.3 is 8.84 Å². The number of nitrogens with zero attached hydrogens (tertiary/aromatic N) is 1. The van der Waals surface area contributed by atoms with Crippen molar-refractivity contribution >= 4 is 19.4 Å². The van der Waals surface area contributed by atoms with Crippen molar-refractivity contribution in [2.24, 2.45) is 0 Å². The van der Waals surface area contributed by atoms with Crippen LogP contribution < -0.4 is 5.76 Å². The second kappa shape index (κ2) is 5.22. The van der Waals surface area contributed by atoms with E-state index >= 15 is 0 Å². The fourth-order valence-corrected chi connectivity index (χ4v) is 2.87. The SMILES string of the molecule is CC(C)(C)[Si](C)(C)OCCn1c(=O)oc2ccccc21. The topological polar surface area (TPSA) is 44.4 Å². The molecule has 1 aromatic heterocycles. The number of benzene rings is 1. The van der Waals surface area contributed by atoms with Crippen LogP contribution in [0.4, 0.5) is 0 Å². The number of oxazole rings is 1. The number of rotatable bonds is 4. The van der Waals surface area contributed by atoms with Crippen molar-refractivity contribution in [2.75, 3.05) is 6.61 Å². The van der Waals surface area contributed by atoms with Gasteiger partial charge in [0, 0.05) is 0 Å². The summed E-state index contributed by atoms with van der Waals surface area (Å²) in [6.07, 6.45) is 0. The van der Waals surface area contributed by atoms with Crippen LogP contribution in [0.2, 0.25) is 18.1 Å². The van der Waals surface area contributed by atoms with Gasteiger partial charge in [0.1, 0.15) is 0 Å². The minimum atomic E-state index is -1.77. The second-order valence-corrected chi connectivity index (χ2v) is 11.4. The van der Waals surface area contributed by atoms with E-state index in [2.05, 4.69) is 33.9 Å². The van der Waals surface area contributed by atoms with Crippen LogP contribution in [-0.4, -0.2) is 19.5 Å². The average molecular weight is 293 g/mol. The number of fused-ring (bicyclic) bond motifs is 1. The van der Waals surface area contributed by atoms with Gasteiger partial charge in [0.2, 0.25) is 0 Å². The minimum absolute atomic E-state index is 0.177. The van der Waals surface area contributed by atoms with Crippen molar-refractivity contribution in [3.8, 4) is 0 Å². The van der Waals surface area contributed by atoms with Crippen LogP contribution in [0.25, 0.3) is 11.1 Å². The van der Waals surface area contributed by atoms with Gasteiger partial charge in [0.25, 0.3) is 0 Å². The lowest BCUT2D eigenvalue weighted by atomic mass is 10.2. The monoisotopic (exact) mass is 293 g/mol. The summed E-state index contributed by atoms with van der Waals surface area (Å²) in [5, 5.41) is 0.177. The van der Waals surface area contributed by atoms with Crippen LogP contribution in [0.3, 0.4) is 0 Å². The number of para-hydroxylation sites is 2. The van der Waals surface area contributed by atoms with Gasteiger partial charge in [-0.2, -0.15) is 0 Å². The molecule has 0 saturated heterocycles. The molecular weight excluding hydrogens is 270 g/mol. The minimum Gasteiger partial charge on any atom is -0.415 e. The van der Waals surface area contributed by atoms with E-state index in [1.165, 1.54) is 0 Å². The van der Waals surface area contributed by atoms with E-state index < -0.39 is 8.32 Å². The Balaban J connectivity index is 2.11. The van der Waals surface area contributed by atoms with Gasteiger partial charge in [-0.25, -0.2) is 4.79 Å². The van der Waals surface area contributed by atoms with Crippen LogP contribution >= 0.6 is 0 Å². The van der Waals surface area contributed by atoms with E-state index in [0.29, 0.717) is 18.7 Å². The van der Waals surface area contributed by atoms with Crippen molar-refractivity contribution in [3.05, 3.63) is 34.8 Å². The second-order valence-electron chi connectivity index (χ2n) is 6.60. The normalized spacial score (nSPS) is 13.1. The molecule has 0 atom stereocenters. The predicted molar refractivity (Wildman–Crippen MR) is 83.6 cm³/mol. The highest BCUT2D eigenvalue weighted by Crippen LogP contribution is 2.36. The predicted octanol–water partition coefficient (Wildman–Crippen LogP) is 3.62. The van der Waals surface area contributed by atoms with Gasteiger partial charge in [-0.05, 0) is 30.3 Å². The molecule has 20 heavy (non-hydrogen) atoms. The van der Waals surface area contributed by atoms with E-state index in [9.17, 15) is 4.79 Å². The van der Waals surface area contributed by atoms with Crippen molar-refractivity contribution in [2.45, 2.75) is 45.4 Å². The molecule has 5 heteroatoms. The molecule has 4 nitrogen and oxygen atoms in total. The van der Waals surface area contributed by atoms with E-state index in [4.69, 9.17) is 8.84 Å². The third kappa shape index (κ3) is 2.88. The lowest BCUT2D eigenvalue weighted by molar-refractivity contribution is 0.268. The number of hydrogen-bond donors (Lipinski definition) is 0. The Morgan fingerprint density at radius 2 is 1.90 bits per heavy atom. The highest BCUT2D eigenvalue weighted by Gasteiger charge is 2.36. The summed E-state index contributed by atoms with van der Waals surface area (Å²) in [5.41, 5.74) is 1.46. The summed E-state index contributed by atoms with van der Waals surface area (Å²) in [4.78, 5) is 11.8. The molecular formula is C15H23NO3Si. The van der Waals surface area contributed by atoms with Gasteiger partial charge in [-0.15, -0.1) is 0 Å². The van der Waals surface area contributed by atoms with Crippen LogP contribution in [0.15, 0.2) is 33.5 Å². The molecule has 0 fully saturated rings. The van der Waals surface area contributed by atoms with Gasteiger partial charge in [0.15, 0.2) is 13.9 Å². The smallest absolute Gasteiger partial charge is 0.415 e. The largest absolute Gasteiger partial charge is 0.420 e. The molecule has 2 rings (SSSR count). The van der Waals surface area contributed by atoms with Crippen molar-refractivity contribution in [3.63, 3.8) is 0 Å². The summed E-state index contributed by atoms with van der Waals surface area (Å²) in [7, 11) is -1.77. The summed E-state index contributed by atoms with van der Waals surface area (Å²) in [6, 6.07) is 7.47. The number of hydrogen-bond acceptors (Lipinski definition) is 3. The third-order valence-electron chi connectivity index (χ3n) is 4.16. The summed E-state index contributed by atoms with van der Waals surface area (Å²) in [6.45, 7) is 12.1. The van der Waals surface area contributed by atoms with E-state index in [1.807, 2.05) is 24.3 Å². The highest BCUT2D eigenvalue weighted by molar-refractivity contribution is 6.74. The van der Waals surface area contributed by atoms with Gasteiger partial charge >= 0.3 is 5.76 Å². The van der Waals surface area contributed by atoms with Crippen molar-refractivity contribution < 1.29 is 8.84 Å². The molecule has 0 aliphatic rings. The third-order valence-corrected chi connectivity index (χ3v) is 8.70. The standard InChI is InChI=1S/C15H23NO3Si/c1-15(2,3)20(4,5)18-11-10-16-12-8-6-7-9-13(12)19-14(16)17/h6-9H,10-11H2,1-5H3. The van der Waals surface area contributed by atoms with Crippen molar-refractivity contribution in [1.82, 2.24) is 4.57 Å². The van der Waals surface area contributed by atoms with Crippen LogP contribution in [0.1, 0.15) is 20.8 Å². The summed E-state index contributed by atoms with van der Waals surface area (Å²) >= 11 is 0. The van der Waals surface area contributed by atoms with E-state index in [-0.39, 0.29) is 10.8 Å². The first-order valence-corrected chi connectivity index (χ1v) is 9.85. The maximum absolute atomic E-state index is 11.8. The number of aromatic nitrogens is 1. The zero-order chi connectivity index (χ0) is 15.0. The average Bonchev–Trinajstić information content (AvgIpc) is 2.64. The fourth-order valence-electron chi connectivity index (χ4n) is 1.83. The summed E-state index contributed by atoms with van der Waals surface area (Å²) < 4.78 is 13.0. The Morgan fingerprint density at radius 1 is 1.25 bits per heavy atom. The maximum Gasteiger partial charge on any atom is 0.420 e. The molecule has 0 bridgehead atoms. The molecule has 1 heterocycles. The molecule has 0 unspecified atom stereocenters. The Hall–Kier alpha value is -1.33. The zero-order valence-corrected chi connectivity index (χ0v) is 13.9.